The maximum Gasteiger partial charge on any atom is 0.246 e. The Morgan fingerprint density at radius 3 is 2.59 bits per heavy atom. The molecule has 1 unspecified atom stereocenters. The Hall–Kier alpha value is -1.96. The zero-order valence-electron chi connectivity index (χ0n) is 13.6. The van der Waals surface area contributed by atoms with Crippen LogP contribution in [-0.2, 0) is 11.8 Å². The summed E-state index contributed by atoms with van der Waals surface area (Å²) in [6.45, 7) is 8.53. The highest BCUT2D eigenvalue weighted by molar-refractivity contribution is 5.54. The molecule has 0 amide bonds. The number of hydrogen-bond acceptors (Lipinski definition) is 2. The van der Waals surface area contributed by atoms with E-state index in [-0.39, 0.29) is 5.41 Å². The van der Waals surface area contributed by atoms with Crippen LogP contribution in [0.3, 0.4) is 0 Å². The summed E-state index contributed by atoms with van der Waals surface area (Å²) in [6.07, 6.45) is 1.03. The molecule has 1 aliphatic carbocycles. The fourth-order valence-corrected chi connectivity index (χ4v) is 3.91. The lowest BCUT2D eigenvalue weighted by Crippen LogP contribution is -2.30. The summed E-state index contributed by atoms with van der Waals surface area (Å²) < 4.78 is 12.0. The van der Waals surface area contributed by atoms with Gasteiger partial charge in [-0.05, 0) is 35.1 Å². The largest absolute Gasteiger partial charge is 0.449 e. The smallest absolute Gasteiger partial charge is 0.246 e. The average molecular weight is 293 g/mol. The van der Waals surface area contributed by atoms with Gasteiger partial charge in [0.2, 0.25) is 5.79 Å². The van der Waals surface area contributed by atoms with Gasteiger partial charge in [0.05, 0.1) is 0 Å². The first-order valence-corrected chi connectivity index (χ1v) is 7.89. The van der Waals surface area contributed by atoms with Crippen molar-refractivity contribution in [3.05, 3.63) is 59.2 Å². The van der Waals surface area contributed by atoms with Crippen molar-refractivity contribution in [2.45, 2.75) is 51.2 Å². The van der Waals surface area contributed by atoms with E-state index in [1.165, 1.54) is 11.1 Å². The SMILES string of the molecule is CC1(C)Oc2cc[c]c(C3Cc4ccccc4C3(C)C)c2O1. The Balaban J connectivity index is 1.82. The molecule has 2 nitrogen and oxygen atoms in total. The van der Waals surface area contributed by atoms with Gasteiger partial charge in [-0.25, -0.2) is 0 Å². The Morgan fingerprint density at radius 2 is 1.82 bits per heavy atom. The quantitative estimate of drug-likeness (QED) is 0.764. The highest BCUT2D eigenvalue weighted by Crippen LogP contribution is 2.53. The molecule has 2 aliphatic rings. The molecule has 0 bridgehead atoms. The zero-order chi connectivity index (χ0) is 15.5. The molecule has 22 heavy (non-hydrogen) atoms. The second-order valence-corrected chi connectivity index (χ2v) is 7.32. The lowest BCUT2D eigenvalue weighted by atomic mass is 9.75. The molecule has 0 fully saturated rings. The third-order valence-corrected chi connectivity index (χ3v) is 5.00. The highest BCUT2D eigenvalue weighted by Gasteiger charge is 2.44. The summed E-state index contributed by atoms with van der Waals surface area (Å²) in [5.41, 5.74) is 4.08. The normalized spacial score (nSPS) is 23.4. The van der Waals surface area contributed by atoms with Gasteiger partial charge in [0.25, 0.3) is 0 Å². The van der Waals surface area contributed by atoms with Crippen LogP contribution in [0.2, 0.25) is 0 Å². The van der Waals surface area contributed by atoms with E-state index in [9.17, 15) is 0 Å². The molecule has 1 radical (unpaired) electrons. The molecule has 1 heterocycles. The summed E-state index contributed by atoms with van der Waals surface area (Å²) in [6, 6.07) is 16.1. The first kappa shape index (κ1) is 13.7. The maximum absolute atomic E-state index is 6.08. The van der Waals surface area contributed by atoms with Crippen molar-refractivity contribution in [3.63, 3.8) is 0 Å². The number of ether oxygens (including phenoxy) is 2. The average Bonchev–Trinajstić information content (AvgIpc) is 2.91. The number of fused-ring (bicyclic) bond motifs is 2. The molecule has 2 aromatic rings. The van der Waals surface area contributed by atoms with E-state index in [2.05, 4.69) is 44.2 Å². The topological polar surface area (TPSA) is 18.5 Å². The van der Waals surface area contributed by atoms with Crippen LogP contribution in [0, 0.1) is 6.07 Å². The van der Waals surface area contributed by atoms with Crippen LogP contribution in [-0.4, -0.2) is 5.79 Å². The van der Waals surface area contributed by atoms with Crippen LogP contribution >= 0.6 is 0 Å². The first-order chi connectivity index (χ1) is 10.4. The predicted octanol–water partition coefficient (Wildman–Crippen LogP) is 4.61. The van der Waals surface area contributed by atoms with Crippen LogP contribution in [0.1, 0.15) is 50.3 Å². The molecule has 2 aromatic carbocycles. The van der Waals surface area contributed by atoms with Gasteiger partial charge in [-0.3, -0.25) is 0 Å². The molecule has 1 atom stereocenters. The second kappa shape index (κ2) is 4.28. The zero-order valence-corrected chi connectivity index (χ0v) is 13.6. The van der Waals surface area contributed by atoms with Crippen molar-refractivity contribution in [3.8, 4) is 11.5 Å². The summed E-state index contributed by atoms with van der Waals surface area (Å²) in [7, 11) is 0. The third-order valence-electron chi connectivity index (χ3n) is 5.00. The van der Waals surface area contributed by atoms with Crippen molar-refractivity contribution in [1.29, 1.82) is 0 Å². The van der Waals surface area contributed by atoms with Gasteiger partial charge >= 0.3 is 0 Å². The molecule has 0 saturated heterocycles. The van der Waals surface area contributed by atoms with Crippen LogP contribution < -0.4 is 9.47 Å². The molecule has 0 spiro atoms. The number of hydrogen-bond donors (Lipinski definition) is 0. The van der Waals surface area contributed by atoms with Crippen molar-refractivity contribution < 1.29 is 9.47 Å². The monoisotopic (exact) mass is 293 g/mol. The van der Waals surface area contributed by atoms with Crippen molar-refractivity contribution >= 4 is 0 Å². The van der Waals surface area contributed by atoms with Gasteiger partial charge in [-0.15, -0.1) is 0 Å². The summed E-state index contributed by atoms with van der Waals surface area (Å²) in [5.74, 6) is 1.48. The van der Waals surface area contributed by atoms with Gasteiger partial charge in [0, 0.05) is 25.3 Å². The Kier molecular flexibility index (Phi) is 2.66. The Bertz CT molecular complexity index is 743. The minimum absolute atomic E-state index is 0.0678. The Labute approximate surface area is 132 Å². The predicted molar refractivity (Wildman–Crippen MR) is 86.5 cm³/mol. The minimum atomic E-state index is -0.595. The fourth-order valence-electron chi connectivity index (χ4n) is 3.91. The lowest BCUT2D eigenvalue weighted by molar-refractivity contribution is -0.0437. The second-order valence-electron chi connectivity index (χ2n) is 7.32. The van der Waals surface area contributed by atoms with Gasteiger partial charge in [-0.2, -0.15) is 0 Å². The molecule has 2 heteroatoms. The van der Waals surface area contributed by atoms with Crippen LogP contribution in [0.15, 0.2) is 36.4 Å². The van der Waals surface area contributed by atoms with Crippen molar-refractivity contribution in [1.82, 2.24) is 0 Å². The number of rotatable bonds is 1. The summed E-state index contributed by atoms with van der Waals surface area (Å²) in [4.78, 5) is 0. The van der Waals surface area contributed by atoms with Gasteiger partial charge < -0.3 is 9.47 Å². The maximum atomic E-state index is 6.08. The van der Waals surface area contributed by atoms with E-state index in [0.717, 1.165) is 23.5 Å². The van der Waals surface area contributed by atoms with Crippen LogP contribution in [0.4, 0.5) is 0 Å². The third kappa shape index (κ3) is 1.86. The summed E-state index contributed by atoms with van der Waals surface area (Å²) >= 11 is 0. The van der Waals surface area contributed by atoms with E-state index in [1.54, 1.807) is 0 Å². The standard InChI is InChI=1S/C20H21O2/c1-19(2)15-10-6-5-8-13(15)12-16(19)14-9-7-11-17-18(14)22-20(3,4)21-17/h5-8,10-11,16H,12H2,1-4H3. The summed E-state index contributed by atoms with van der Waals surface area (Å²) in [5, 5.41) is 0. The first-order valence-electron chi connectivity index (χ1n) is 7.89. The van der Waals surface area contributed by atoms with Crippen LogP contribution in [0.25, 0.3) is 0 Å². The highest BCUT2D eigenvalue weighted by atomic mass is 16.7. The molecule has 1 aliphatic heterocycles. The molecule has 113 valence electrons. The molecule has 0 saturated carbocycles. The minimum Gasteiger partial charge on any atom is -0.449 e. The fraction of sp³-hybridized carbons (Fsp3) is 0.400. The van der Waals surface area contributed by atoms with E-state index >= 15 is 0 Å². The van der Waals surface area contributed by atoms with E-state index in [1.807, 2.05) is 26.0 Å². The van der Waals surface area contributed by atoms with E-state index in [4.69, 9.17) is 9.47 Å². The van der Waals surface area contributed by atoms with Gasteiger partial charge in [0.1, 0.15) is 0 Å². The van der Waals surface area contributed by atoms with Gasteiger partial charge in [-0.1, -0.05) is 44.2 Å². The van der Waals surface area contributed by atoms with Crippen molar-refractivity contribution in [2.24, 2.45) is 0 Å². The van der Waals surface area contributed by atoms with E-state index in [0.29, 0.717) is 5.92 Å². The van der Waals surface area contributed by atoms with E-state index < -0.39 is 5.79 Å². The molecule has 4 rings (SSSR count). The van der Waals surface area contributed by atoms with Gasteiger partial charge in [0.15, 0.2) is 11.5 Å². The molecule has 0 N–H and O–H groups in total. The molecule has 0 aromatic heterocycles. The molecular formula is C20H21O2. The van der Waals surface area contributed by atoms with Crippen molar-refractivity contribution in [2.75, 3.05) is 0 Å². The van der Waals surface area contributed by atoms with Crippen LogP contribution in [0.5, 0.6) is 11.5 Å². The number of benzene rings is 2. The Morgan fingerprint density at radius 1 is 1.05 bits per heavy atom. The molecular weight excluding hydrogens is 272 g/mol. The lowest BCUT2D eigenvalue weighted by Gasteiger charge is -2.29.